The highest BCUT2D eigenvalue weighted by atomic mass is 16.2. The molecule has 1 aromatic heterocycles. The van der Waals surface area contributed by atoms with E-state index in [0.717, 1.165) is 29.7 Å². The highest BCUT2D eigenvalue weighted by Crippen LogP contribution is 2.39. The Bertz CT molecular complexity index is 1060. The van der Waals surface area contributed by atoms with Gasteiger partial charge in [0, 0.05) is 24.5 Å². The molecule has 1 saturated heterocycles. The minimum absolute atomic E-state index is 0.259. The molecule has 7 nitrogen and oxygen atoms in total. The Balaban J connectivity index is 1.43. The fourth-order valence-electron chi connectivity index (χ4n) is 4.26. The van der Waals surface area contributed by atoms with E-state index in [0.29, 0.717) is 24.2 Å². The molecule has 0 bridgehead atoms. The van der Waals surface area contributed by atoms with Crippen molar-refractivity contribution in [2.75, 3.05) is 18.9 Å². The number of rotatable bonds is 3. The van der Waals surface area contributed by atoms with E-state index in [2.05, 4.69) is 22.1 Å². The van der Waals surface area contributed by atoms with Crippen LogP contribution in [0.4, 0.5) is 10.5 Å². The number of nitrogens with one attached hydrogen (secondary N) is 1. The van der Waals surface area contributed by atoms with Crippen LogP contribution in [0.2, 0.25) is 0 Å². The Hall–Kier alpha value is -3.66. The molecule has 2 fully saturated rings. The first-order chi connectivity index (χ1) is 15.0. The molecule has 158 valence electrons. The Morgan fingerprint density at radius 1 is 1.10 bits per heavy atom. The van der Waals surface area contributed by atoms with E-state index >= 15 is 0 Å². The number of amides is 4. The van der Waals surface area contributed by atoms with Crippen LogP contribution >= 0.6 is 0 Å². The molecule has 1 aliphatic heterocycles. The van der Waals surface area contributed by atoms with Crippen molar-refractivity contribution in [3.8, 4) is 11.8 Å². The van der Waals surface area contributed by atoms with Gasteiger partial charge in [0.1, 0.15) is 17.8 Å². The summed E-state index contributed by atoms with van der Waals surface area (Å²) in [6.07, 6.45) is 5.88. The molecule has 4 amide bonds. The zero-order valence-electron chi connectivity index (χ0n) is 17.4. The van der Waals surface area contributed by atoms with Gasteiger partial charge in [-0.3, -0.25) is 14.5 Å². The maximum absolute atomic E-state index is 13.0. The van der Waals surface area contributed by atoms with E-state index < -0.39 is 17.5 Å². The van der Waals surface area contributed by atoms with Crippen molar-refractivity contribution in [1.29, 1.82) is 0 Å². The van der Waals surface area contributed by atoms with Gasteiger partial charge in [-0.1, -0.05) is 37.3 Å². The second-order valence-corrected chi connectivity index (χ2v) is 7.92. The van der Waals surface area contributed by atoms with Crippen molar-refractivity contribution in [2.24, 2.45) is 0 Å². The standard InChI is InChI=1S/C24H24N4O3/c1-27-23(31)28(22(30)24(27)13-4-2-5-14-24)17-21(29)26-20-10-7-8-18(16-20)11-12-19-9-3-6-15-25-19/h3,6-10,15-16H,2,4-5,13-14,17H2,1H3,(H,26,29). The van der Waals surface area contributed by atoms with Crippen molar-refractivity contribution in [3.63, 3.8) is 0 Å². The summed E-state index contributed by atoms with van der Waals surface area (Å²) in [6.45, 7) is -0.298. The maximum atomic E-state index is 13.0. The topological polar surface area (TPSA) is 82.6 Å². The molecule has 31 heavy (non-hydrogen) atoms. The molecular weight excluding hydrogens is 392 g/mol. The number of carbonyl (C=O) groups excluding carboxylic acids is 3. The van der Waals surface area contributed by atoms with Gasteiger partial charge in [-0.25, -0.2) is 9.78 Å². The first kappa shape index (κ1) is 20.6. The van der Waals surface area contributed by atoms with Crippen LogP contribution in [0, 0.1) is 11.8 Å². The van der Waals surface area contributed by atoms with Crippen molar-refractivity contribution in [1.82, 2.24) is 14.8 Å². The number of pyridine rings is 1. The Labute approximate surface area is 181 Å². The molecular formula is C24H24N4O3. The number of carbonyl (C=O) groups is 3. The van der Waals surface area contributed by atoms with Crippen molar-refractivity contribution in [3.05, 3.63) is 59.9 Å². The predicted molar refractivity (Wildman–Crippen MR) is 116 cm³/mol. The third kappa shape index (κ3) is 4.15. The number of hydrogen-bond acceptors (Lipinski definition) is 4. The fourth-order valence-corrected chi connectivity index (χ4v) is 4.26. The molecule has 2 aromatic rings. The number of nitrogens with zero attached hydrogens (tertiary/aromatic N) is 3. The van der Waals surface area contributed by atoms with Crippen LogP contribution in [0.3, 0.4) is 0 Å². The van der Waals surface area contributed by atoms with Gasteiger partial charge in [-0.2, -0.15) is 0 Å². The largest absolute Gasteiger partial charge is 0.327 e. The number of aromatic nitrogens is 1. The van der Waals surface area contributed by atoms with Gasteiger partial charge in [0.05, 0.1) is 0 Å². The fraction of sp³-hybridized carbons (Fsp3) is 0.333. The molecule has 2 heterocycles. The minimum Gasteiger partial charge on any atom is -0.324 e. The van der Waals surface area contributed by atoms with Gasteiger partial charge < -0.3 is 10.2 Å². The molecule has 0 radical (unpaired) electrons. The lowest BCUT2D eigenvalue weighted by Crippen LogP contribution is -2.49. The monoisotopic (exact) mass is 416 g/mol. The lowest BCUT2D eigenvalue weighted by Gasteiger charge is -2.35. The number of urea groups is 1. The zero-order valence-corrected chi connectivity index (χ0v) is 17.4. The van der Waals surface area contributed by atoms with Crippen LogP contribution in [0.5, 0.6) is 0 Å². The molecule has 4 rings (SSSR count). The van der Waals surface area contributed by atoms with Crippen molar-refractivity contribution < 1.29 is 14.4 Å². The Kier molecular flexibility index (Phi) is 5.72. The van der Waals surface area contributed by atoms with Gasteiger partial charge in [0.15, 0.2) is 0 Å². The highest BCUT2D eigenvalue weighted by molar-refractivity contribution is 6.10. The average molecular weight is 416 g/mol. The summed E-state index contributed by atoms with van der Waals surface area (Å²) < 4.78 is 0. The van der Waals surface area contributed by atoms with E-state index in [1.54, 1.807) is 31.4 Å². The second kappa shape index (κ2) is 8.60. The molecule has 1 N–H and O–H groups in total. The number of imide groups is 1. The summed E-state index contributed by atoms with van der Waals surface area (Å²) in [4.78, 5) is 45.1. The summed E-state index contributed by atoms with van der Waals surface area (Å²) in [5.74, 6) is 5.31. The van der Waals surface area contributed by atoms with Crippen LogP contribution in [-0.4, -0.2) is 51.8 Å². The summed E-state index contributed by atoms with van der Waals surface area (Å²) in [5.41, 5.74) is 1.15. The summed E-state index contributed by atoms with van der Waals surface area (Å²) in [5, 5.41) is 2.77. The van der Waals surface area contributed by atoms with E-state index in [1.807, 2.05) is 24.3 Å². The summed E-state index contributed by atoms with van der Waals surface area (Å²) in [6, 6.07) is 12.2. The highest BCUT2D eigenvalue weighted by Gasteiger charge is 2.55. The average Bonchev–Trinajstić information content (AvgIpc) is 2.95. The number of hydrogen-bond donors (Lipinski definition) is 1. The van der Waals surface area contributed by atoms with Crippen molar-refractivity contribution in [2.45, 2.75) is 37.6 Å². The van der Waals surface area contributed by atoms with Crippen LogP contribution in [-0.2, 0) is 9.59 Å². The maximum Gasteiger partial charge on any atom is 0.327 e. The van der Waals surface area contributed by atoms with E-state index in [4.69, 9.17) is 0 Å². The van der Waals surface area contributed by atoms with Crippen LogP contribution < -0.4 is 5.32 Å². The lowest BCUT2D eigenvalue weighted by molar-refractivity contribution is -0.136. The lowest BCUT2D eigenvalue weighted by atomic mass is 9.81. The number of likely N-dealkylation sites (N-methyl/N-ethyl adjacent to an activating group) is 1. The summed E-state index contributed by atoms with van der Waals surface area (Å²) >= 11 is 0. The predicted octanol–water partition coefficient (Wildman–Crippen LogP) is 3.02. The minimum atomic E-state index is -0.781. The van der Waals surface area contributed by atoms with Gasteiger partial charge >= 0.3 is 6.03 Å². The van der Waals surface area contributed by atoms with Crippen molar-refractivity contribution >= 4 is 23.5 Å². The van der Waals surface area contributed by atoms with Gasteiger partial charge in [0.2, 0.25) is 5.91 Å². The molecule has 1 aromatic carbocycles. The quantitative estimate of drug-likeness (QED) is 0.616. The SMILES string of the molecule is CN1C(=O)N(CC(=O)Nc2cccc(C#Cc3ccccn3)c2)C(=O)C12CCCCC2. The van der Waals surface area contributed by atoms with Gasteiger partial charge in [-0.15, -0.1) is 0 Å². The van der Waals surface area contributed by atoms with Crippen LogP contribution in [0.1, 0.15) is 43.4 Å². The Morgan fingerprint density at radius 2 is 1.90 bits per heavy atom. The normalized spacial score (nSPS) is 17.5. The first-order valence-corrected chi connectivity index (χ1v) is 10.4. The van der Waals surface area contributed by atoms with E-state index in [9.17, 15) is 14.4 Å². The van der Waals surface area contributed by atoms with Crippen LogP contribution in [0.25, 0.3) is 0 Å². The Morgan fingerprint density at radius 3 is 2.65 bits per heavy atom. The molecule has 7 heteroatoms. The zero-order chi connectivity index (χ0) is 21.8. The van der Waals surface area contributed by atoms with Crippen LogP contribution in [0.15, 0.2) is 48.7 Å². The molecule has 1 aliphatic carbocycles. The second-order valence-electron chi connectivity index (χ2n) is 7.92. The smallest absolute Gasteiger partial charge is 0.324 e. The third-order valence-corrected chi connectivity index (χ3v) is 5.93. The molecule has 1 spiro atoms. The summed E-state index contributed by atoms with van der Waals surface area (Å²) in [7, 11) is 1.66. The molecule has 0 unspecified atom stereocenters. The van der Waals surface area contributed by atoms with Gasteiger partial charge in [0.25, 0.3) is 5.91 Å². The molecule has 0 atom stereocenters. The van der Waals surface area contributed by atoms with Gasteiger partial charge in [-0.05, 0) is 49.1 Å². The third-order valence-electron chi connectivity index (χ3n) is 5.93. The van der Waals surface area contributed by atoms with E-state index in [-0.39, 0.29) is 12.5 Å². The first-order valence-electron chi connectivity index (χ1n) is 10.4. The number of benzene rings is 1. The molecule has 1 saturated carbocycles. The number of anilines is 1. The van der Waals surface area contributed by atoms with E-state index in [1.165, 1.54) is 4.90 Å². The molecule has 2 aliphatic rings.